The van der Waals surface area contributed by atoms with Crippen molar-refractivity contribution in [3.05, 3.63) is 22.5 Å². The van der Waals surface area contributed by atoms with E-state index in [1.54, 1.807) is 22.7 Å². The molecule has 0 radical (unpaired) electrons. The zero-order valence-electron chi connectivity index (χ0n) is 11.8. The summed E-state index contributed by atoms with van der Waals surface area (Å²) < 4.78 is 8.34. The number of fused-ring (bicyclic) bond motifs is 3. The molecule has 0 saturated heterocycles. The Morgan fingerprint density at radius 2 is 2.29 bits per heavy atom. The zero-order chi connectivity index (χ0) is 14.8. The number of aromatic nitrogens is 1. The number of unbranched alkanes of at least 4 members (excludes halogenated alkanes) is 1. The first-order valence-electron chi connectivity index (χ1n) is 6.88. The van der Waals surface area contributed by atoms with Crippen molar-refractivity contribution >= 4 is 48.8 Å². The highest BCUT2D eigenvalue weighted by molar-refractivity contribution is 7.21. The van der Waals surface area contributed by atoms with Crippen LogP contribution in [0, 0.1) is 12.3 Å². The first-order chi connectivity index (χ1) is 10.1. The van der Waals surface area contributed by atoms with Crippen LogP contribution in [0.25, 0.3) is 20.3 Å². The lowest BCUT2D eigenvalue weighted by atomic mass is 10.2. The van der Waals surface area contributed by atoms with Crippen LogP contribution in [0.2, 0.25) is 0 Å². The molecule has 3 aromatic rings. The smallest absolute Gasteiger partial charge is 0.129 e. The molecule has 0 aliphatic carbocycles. The summed E-state index contributed by atoms with van der Waals surface area (Å²) in [6.45, 7) is 2.69. The van der Waals surface area contributed by atoms with Crippen LogP contribution in [0.4, 0.5) is 0 Å². The Labute approximate surface area is 131 Å². The molecule has 0 aliphatic heterocycles. The van der Waals surface area contributed by atoms with Crippen LogP contribution >= 0.6 is 22.7 Å². The van der Waals surface area contributed by atoms with Crippen molar-refractivity contribution in [3.8, 4) is 5.75 Å². The van der Waals surface area contributed by atoms with E-state index in [4.69, 9.17) is 15.9 Å². The molecule has 0 aliphatic rings. The van der Waals surface area contributed by atoms with E-state index >= 15 is 0 Å². The van der Waals surface area contributed by atoms with Crippen LogP contribution in [-0.2, 0) is 0 Å². The van der Waals surface area contributed by atoms with Gasteiger partial charge in [-0.1, -0.05) is 0 Å². The van der Waals surface area contributed by atoms with Crippen LogP contribution in [0.15, 0.2) is 17.5 Å². The van der Waals surface area contributed by atoms with Gasteiger partial charge in [0.1, 0.15) is 5.75 Å². The number of ether oxygens (including phenoxy) is 1. The molecule has 4 nitrogen and oxygen atoms in total. The number of hydrogen-bond acceptors (Lipinski definition) is 5. The number of thiophene rings is 1. The van der Waals surface area contributed by atoms with Gasteiger partial charge in [0.25, 0.3) is 0 Å². The third-order valence-corrected chi connectivity index (χ3v) is 5.11. The van der Waals surface area contributed by atoms with Gasteiger partial charge in [-0.3, -0.25) is 5.41 Å². The molecule has 0 atom stereocenters. The highest BCUT2D eigenvalue weighted by Crippen LogP contribution is 2.38. The number of amidine groups is 1. The van der Waals surface area contributed by atoms with Crippen molar-refractivity contribution < 1.29 is 4.74 Å². The number of nitrogens with two attached hydrogens (primary N) is 1. The second-order valence-electron chi connectivity index (χ2n) is 4.95. The summed E-state index contributed by atoms with van der Waals surface area (Å²) >= 11 is 3.41. The predicted molar refractivity (Wildman–Crippen MR) is 91.0 cm³/mol. The maximum atomic E-state index is 7.21. The highest BCUT2D eigenvalue weighted by atomic mass is 32.1. The lowest BCUT2D eigenvalue weighted by molar-refractivity contribution is 0.312. The van der Waals surface area contributed by atoms with E-state index in [0.717, 1.165) is 34.5 Å². The molecule has 0 fully saturated rings. The number of benzene rings is 1. The molecule has 2 aromatic heterocycles. The van der Waals surface area contributed by atoms with Crippen LogP contribution in [0.5, 0.6) is 5.75 Å². The fourth-order valence-electron chi connectivity index (χ4n) is 2.31. The molecule has 0 unspecified atom stereocenters. The SMILES string of the molecule is Cc1nc2c(cc(OCCCCC(=N)N)c3ccsc32)s1. The molecular formula is C15H17N3OS2. The average Bonchev–Trinajstić information content (AvgIpc) is 3.02. The Hall–Kier alpha value is -1.66. The van der Waals surface area contributed by atoms with Gasteiger partial charge in [-0.15, -0.1) is 22.7 Å². The van der Waals surface area contributed by atoms with E-state index < -0.39 is 0 Å². The van der Waals surface area contributed by atoms with E-state index in [-0.39, 0.29) is 5.84 Å². The van der Waals surface area contributed by atoms with Crippen LogP contribution < -0.4 is 10.5 Å². The first kappa shape index (κ1) is 14.3. The normalized spacial score (nSPS) is 11.3. The summed E-state index contributed by atoms with van der Waals surface area (Å²) in [6.07, 6.45) is 2.44. The van der Waals surface area contributed by atoms with E-state index in [1.165, 1.54) is 9.40 Å². The Morgan fingerprint density at radius 1 is 1.43 bits per heavy atom. The van der Waals surface area contributed by atoms with Gasteiger partial charge in [-0.2, -0.15) is 0 Å². The lowest BCUT2D eigenvalue weighted by Gasteiger charge is -2.07. The monoisotopic (exact) mass is 319 g/mol. The summed E-state index contributed by atoms with van der Waals surface area (Å²) in [7, 11) is 0. The number of aryl methyl sites for hydroxylation is 1. The van der Waals surface area contributed by atoms with Gasteiger partial charge in [-0.05, 0) is 31.2 Å². The van der Waals surface area contributed by atoms with Gasteiger partial charge in [-0.25, -0.2) is 4.98 Å². The summed E-state index contributed by atoms with van der Waals surface area (Å²) in [5, 5.41) is 11.5. The maximum absolute atomic E-state index is 7.21. The first-order valence-corrected chi connectivity index (χ1v) is 8.58. The molecule has 0 bridgehead atoms. The molecule has 6 heteroatoms. The van der Waals surface area contributed by atoms with E-state index in [2.05, 4.69) is 22.5 Å². The van der Waals surface area contributed by atoms with Crippen LogP contribution in [-0.4, -0.2) is 17.4 Å². The van der Waals surface area contributed by atoms with Crippen molar-refractivity contribution in [1.82, 2.24) is 4.98 Å². The Balaban J connectivity index is 1.80. The highest BCUT2D eigenvalue weighted by Gasteiger charge is 2.12. The molecule has 0 saturated carbocycles. The van der Waals surface area contributed by atoms with Crippen molar-refractivity contribution in [2.75, 3.05) is 6.61 Å². The van der Waals surface area contributed by atoms with Gasteiger partial charge in [0.2, 0.25) is 0 Å². The number of thiazole rings is 1. The third kappa shape index (κ3) is 3.01. The Morgan fingerprint density at radius 3 is 3.10 bits per heavy atom. The number of nitrogens with zero attached hydrogens (tertiary/aromatic N) is 1. The Kier molecular flexibility index (Phi) is 4.07. The molecule has 1 aromatic carbocycles. The topological polar surface area (TPSA) is 72.0 Å². The van der Waals surface area contributed by atoms with Crippen molar-refractivity contribution in [2.24, 2.45) is 5.73 Å². The zero-order valence-corrected chi connectivity index (χ0v) is 13.4. The molecular weight excluding hydrogens is 302 g/mol. The van der Waals surface area contributed by atoms with Gasteiger partial charge in [0.15, 0.2) is 0 Å². The fraction of sp³-hybridized carbons (Fsp3) is 0.333. The van der Waals surface area contributed by atoms with Gasteiger partial charge in [0.05, 0.1) is 32.4 Å². The number of nitrogens with one attached hydrogen (secondary N) is 1. The minimum absolute atomic E-state index is 0.247. The average molecular weight is 319 g/mol. The molecule has 2 heterocycles. The van der Waals surface area contributed by atoms with Crippen LogP contribution in [0.1, 0.15) is 24.3 Å². The van der Waals surface area contributed by atoms with E-state index in [9.17, 15) is 0 Å². The van der Waals surface area contributed by atoms with E-state index in [0.29, 0.717) is 13.0 Å². The maximum Gasteiger partial charge on any atom is 0.129 e. The molecule has 110 valence electrons. The van der Waals surface area contributed by atoms with Crippen molar-refractivity contribution in [3.63, 3.8) is 0 Å². The molecule has 3 rings (SSSR count). The summed E-state index contributed by atoms with van der Waals surface area (Å²) in [4.78, 5) is 4.62. The van der Waals surface area contributed by atoms with Gasteiger partial charge >= 0.3 is 0 Å². The second-order valence-corrected chi connectivity index (χ2v) is 7.10. The quantitative estimate of drug-likeness (QED) is 0.404. The minimum Gasteiger partial charge on any atom is -0.493 e. The largest absolute Gasteiger partial charge is 0.493 e. The number of rotatable bonds is 6. The second kappa shape index (κ2) is 5.99. The fourth-order valence-corrected chi connectivity index (χ4v) is 4.14. The van der Waals surface area contributed by atoms with Crippen molar-refractivity contribution in [1.29, 1.82) is 5.41 Å². The molecule has 0 spiro atoms. The lowest BCUT2D eigenvalue weighted by Crippen LogP contribution is -2.09. The van der Waals surface area contributed by atoms with Crippen molar-refractivity contribution in [2.45, 2.75) is 26.2 Å². The molecule has 0 amide bonds. The molecule has 3 N–H and O–H groups in total. The van der Waals surface area contributed by atoms with Gasteiger partial charge in [0, 0.05) is 17.9 Å². The third-order valence-electron chi connectivity index (χ3n) is 3.27. The minimum atomic E-state index is 0.247. The van der Waals surface area contributed by atoms with E-state index in [1.807, 2.05) is 6.92 Å². The number of hydrogen-bond donors (Lipinski definition) is 2. The predicted octanol–water partition coefficient (Wildman–Crippen LogP) is 4.30. The summed E-state index contributed by atoms with van der Waals surface area (Å²) in [6, 6.07) is 4.19. The molecule has 21 heavy (non-hydrogen) atoms. The van der Waals surface area contributed by atoms with Crippen LogP contribution in [0.3, 0.4) is 0 Å². The standard InChI is InChI=1S/C15H17N3OS2/c1-9-18-14-12(21-9)8-11(10-5-7-20-15(10)14)19-6-3-2-4-13(16)17/h5,7-8H,2-4,6H2,1H3,(H3,16,17). The summed E-state index contributed by atoms with van der Waals surface area (Å²) in [5.74, 6) is 1.18. The van der Waals surface area contributed by atoms with Gasteiger partial charge < -0.3 is 10.5 Å². The summed E-state index contributed by atoms with van der Waals surface area (Å²) in [5.41, 5.74) is 6.44. The Bertz CT molecular complexity index is 791.